The van der Waals surface area contributed by atoms with Crippen LogP contribution in [0.1, 0.15) is 42.1 Å². The van der Waals surface area contributed by atoms with Gasteiger partial charge in [0.25, 0.3) is 0 Å². The number of aliphatic imine (C=N–C) groups is 1. The molecule has 0 aromatic heterocycles. The number of allylic oxidation sites excluding steroid dienone is 4. The molecule has 0 saturated heterocycles. The number of hydrogen-bond acceptors (Lipinski definition) is 2. The van der Waals surface area contributed by atoms with Crippen molar-refractivity contribution in [2.45, 2.75) is 26.2 Å². The summed E-state index contributed by atoms with van der Waals surface area (Å²) in [6.07, 6.45) is 4.18. The molecule has 102 valence electrons. The first kappa shape index (κ1) is 14.2. The second-order valence-electron chi connectivity index (χ2n) is 5.02. The van der Waals surface area contributed by atoms with E-state index < -0.39 is 0 Å². The summed E-state index contributed by atoms with van der Waals surface area (Å²) in [6, 6.07) is 7.83. The third-order valence-electron chi connectivity index (χ3n) is 3.90. The third-order valence-corrected chi connectivity index (χ3v) is 3.90. The van der Waals surface area contributed by atoms with Gasteiger partial charge in [0.15, 0.2) is 5.78 Å². The fourth-order valence-electron chi connectivity index (χ4n) is 2.73. The van der Waals surface area contributed by atoms with Gasteiger partial charge in [-0.3, -0.25) is 9.79 Å². The Morgan fingerprint density at radius 1 is 1.40 bits per heavy atom. The number of ketones is 1. The lowest BCUT2D eigenvalue weighted by Crippen LogP contribution is -2.18. The first-order chi connectivity index (χ1) is 9.60. The van der Waals surface area contributed by atoms with Crippen LogP contribution in [0.2, 0.25) is 0 Å². The summed E-state index contributed by atoms with van der Waals surface area (Å²) in [5, 5.41) is 0. The van der Waals surface area contributed by atoms with Crippen molar-refractivity contribution in [1.82, 2.24) is 0 Å². The minimum Gasteiger partial charge on any atom is -0.289 e. The van der Waals surface area contributed by atoms with Gasteiger partial charge < -0.3 is 0 Å². The molecule has 0 fully saturated rings. The summed E-state index contributed by atoms with van der Waals surface area (Å²) in [5.74, 6) is 0.342. The van der Waals surface area contributed by atoms with Gasteiger partial charge >= 0.3 is 0 Å². The van der Waals surface area contributed by atoms with Crippen molar-refractivity contribution in [2.75, 3.05) is 0 Å². The summed E-state index contributed by atoms with van der Waals surface area (Å²) in [6.45, 7) is 11.3. The molecule has 2 heteroatoms. The molecular formula is C18H19NO. The molecule has 0 heterocycles. The molecule has 1 aliphatic rings. The van der Waals surface area contributed by atoms with Crippen LogP contribution in [0.4, 0.5) is 0 Å². The van der Waals surface area contributed by atoms with Gasteiger partial charge in [-0.05, 0) is 30.9 Å². The van der Waals surface area contributed by atoms with E-state index in [2.05, 4.69) is 25.2 Å². The molecular weight excluding hydrogens is 246 g/mol. The summed E-state index contributed by atoms with van der Waals surface area (Å²) in [5.41, 5.74) is 4.71. The molecule has 0 bridgehead atoms. The van der Waals surface area contributed by atoms with Gasteiger partial charge in [-0.25, -0.2) is 0 Å². The number of carbonyl (C=O) groups excluding carboxylic acids is 1. The van der Waals surface area contributed by atoms with Crippen LogP contribution in [-0.4, -0.2) is 12.5 Å². The lowest BCUT2D eigenvalue weighted by Gasteiger charge is -2.26. The summed E-state index contributed by atoms with van der Waals surface area (Å²) >= 11 is 0. The van der Waals surface area contributed by atoms with Crippen LogP contribution in [0.5, 0.6) is 0 Å². The molecule has 1 atom stereocenters. The number of rotatable bonds is 4. The molecule has 0 saturated carbocycles. The zero-order chi connectivity index (χ0) is 14.7. The molecule has 0 aliphatic heterocycles. The Morgan fingerprint density at radius 3 is 2.75 bits per heavy atom. The van der Waals surface area contributed by atoms with Crippen LogP contribution >= 0.6 is 0 Å². The van der Waals surface area contributed by atoms with E-state index in [1.54, 1.807) is 6.08 Å². The molecule has 1 aromatic rings. The number of hydrogen-bond donors (Lipinski definition) is 0. The Morgan fingerprint density at radius 2 is 2.10 bits per heavy atom. The zero-order valence-electron chi connectivity index (χ0n) is 12.0. The highest BCUT2D eigenvalue weighted by molar-refractivity contribution is 6.11. The van der Waals surface area contributed by atoms with E-state index in [9.17, 15) is 4.79 Å². The first-order valence-electron chi connectivity index (χ1n) is 6.71. The minimum absolute atomic E-state index is 0.121. The molecule has 2 rings (SSSR count). The average Bonchev–Trinajstić information content (AvgIpc) is 2.48. The van der Waals surface area contributed by atoms with Gasteiger partial charge in [0.05, 0.1) is 0 Å². The van der Waals surface area contributed by atoms with Crippen molar-refractivity contribution >= 4 is 12.5 Å². The highest BCUT2D eigenvalue weighted by Crippen LogP contribution is 2.38. The first-order valence-corrected chi connectivity index (χ1v) is 6.71. The van der Waals surface area contributed by atoms with Crippen LogP contribution in [0, 0.1) is 0 Å². The molecule has 1 aromatic carbocycles. The molecule has 20 heavy (non-hydrogen) atoms. The van der Waals surface area contributed by atoms with E-state index in [0.29, 0.717) is 6.42 Å². The van der Waals surface area contributed by atoms with Crippen LogP contribution in [0.25, 0.3) is 0 Å². The van der Waals surface area contributed by atoms with Crippen molar-refractivity contribution in [2.24, 2.45) is 4.99 Å². The predicted molar refractivity (Wildman–Crippen MR) is 84.3 cm³/mol. The van der Waals surface area contributed by atoms with E-state index in [1.165, 1.54) is 0 Å². The molecule has 0 N–H and O–H groups in total. The van der Waals surface area contributed by atoms with Crippen LogP contribution in [0.3, 0.4) is 0 Å². The highest BCUT2D eigenvalue weighted by atomic mass is 16.1. The number of Topliss-reactive ketones (excluding diaryl/α,β-unsaturated/α-hetero) is 1. The van der Waals surface area contributed by atoms with Gasteiger partial charge in [-0.15, -0.1) is 0 Å². The Kier molecular flexibility index (Phi) is 4.14. The van der Waals surface area contributed by atoms with Crippen molar-refractivity contribution in [3.63, 3.8) is 0 Å². The maximum absolute atomic E-state index is 12.5. The van der Waals surface area contributed by atoms with Gasteiger partial charge in [0, 0.05) is 23.6 Å². The lowest BCUT2D eigenvalue weighted by molar-refractivity contribution is 0.102. The Bertz CT molecular complexity index is 635. The van der Waals surface area contributed by atoms with Crippen molar-refractivity contribution in [3.8, 4) is 0 Å². The van der Waals surface area contributed by atoms with E-state index in [0.717, 1.165) is 28.0 Å². The normalized spacial score (nSPS) is 18.8. The lowest BCUT2D eigenvalue weighted by atomic mass is 9.77. The maximum atomic E-state index is 12.5. The molecule has 0 radical (unpaired) electrons. The second kappa shape index (κ2) is 5.83. The number of nitrogens with zero attached hydrogens (tertiary/aromatic N) is 1. The maximum Gasteiger partial charge on any atom is 0.189 e. The number of benzene rings is 1. The zero-order valence-corrected chi connectivity index (χ0v) is 12.0. The number of fused-ring (bicyclic) bond motifs is 1. The van der Waals surface area contributed by atoms with Gasteiger partial charge in [-0.1, -0.05) is 49.4 Å². The number of carbonyl (C=O) groups is 1. The SMILES string of the molecule is C=C/C=C(/CC1=C(C)C(=O)c2ccccc2C1C)N=C. The summed E-state index contributed by atoms with van der Waals surface area (Å²) < 4.78 is 0. The van der Waals surface area contributed by atoms with Crippen molar-refractivity contribution in [1.29, 1.82) is 0 Å². The summed E-state index contributed by atoms with van der Waals surface area (Å²) in [4.78, 5) is 16.5. The Hall–Kier alpha value is -2.22. The predicted octanol–water partition coefficient (Wildman–Crippen LogP) is 4.46. The third kappa shape index (κ3) is 2.42. The standard InChI is InChI=1S/C18H19NO/c1-5-8-14(19-4)11-17-12(2)15-9-6-7-10-16(15)18(20)13(17)3/h5-10,12H,1,4,11H2,2-3H3/b14-8-. The van der Waals surface area contributed by atoms with Gasteiger partial charge in [-0.2, -0.15) is 0 Å². The van der Waals surface area contributed by atoms with E-state index in [4.69, 9.17) is 0 Å². The highest BCUT2D eigenvalue weighted by Gasteiger charge is 2.28. The average molecular weight is 265 g/mol. The fourth-order valence-corrected chi connectivity index (χ4v) is 2.73. The topological polar surface area (TPSA) is 29.4 Å². The smallest absolute Gasteiger partial charge is 0.189 e. The van der Waals surface area contributed by atoms with Gasteiger partial charge in [0.2, 0.25) is 0 Å². The van der Waals surface area contributed by atoms with Crippen molar-refractivity contribution < 1.29 is 4.79 Å². The summed E-state index contributed by atoms with van der Waals surface area (Å²) in [7, 11) is 0. The molecule has 0 spiro atoms. The van der Waals surface area contributed by atoms with Gasteiger partial charge in [0.1, 0.15) is 0 Å². The van der Waals surface area contributed by atoms with Crippen LogP contribution in [0.15, 0.2) is 64.8 Å². The minimum atomic E-state index is 0.121. The molecule has 1 unspecified atom stereocenters. The fraction of sp³-hybridized carbons (Fsp3) is 0.222. The van der Waals surface area contributed by atoms with Crippen molar-refractivity contribution in [3.05, 3.63) is 71.0 Å². The van der Waals surface area contributed by atoms with E-state index in [1.807, 2.05) is 37.3 Å². The largest absolute Gasteiger partial charge is 0.289 e. The molecule has 1 aliphatic carbocycles. The quantitative estimate of drug-likeness (QED) is 0.583. The van der Waals surface area contributed by atoms with E-state index >= 15 is 0 Å². The molecule has 2 nitrogen and oxygen atoms in total. The Balaban J connectivity index is 2.46. The Labute approximate surface area is 120 Å². The molecule has 0 amide bonds. The van der Waals surface area contributed by atoms with Crippen LogP contribution in [-0.2, 0) is 0 Å². The monoisotopic (exact) mass is 265 g/mol. The van der Waals surface area contributed by atoms with E-state index in [-0.39, 0.29) is 11.7 Å². The second-order valence-corrected chi connectivity index (χ2v) is 5.02. The van der Waals surface area contributed by atoms with Crippen LogP contribution < -0.4 is 0 Å².